The molecule has 0 aliphatic carbocycles. The lowest BCUT2D eigenvalue weighted by Crippen LogP contribution is -2.25. The van der Waals surface area contributed by atoms with E-state index >= 15 is 0 Å². The molecular formula is C10H20O3S. The van der Waals surface area contributed by atoms with Crippen LogP contribution in [-0.4, -0.2) is 31.1 Å². The van der Waals surface area contributed by atoms with E-state index in [9.17, 15) is 8.42 Å². The molecule has 0 radical (unpaired) electrons. The Kier molecular flexibility index (Phi) is 4.38. The van der Waals surface area contributed by atoms with Crippen LogP contribution in [0.1, 0.15) is 39.0 Å². The van der Waals surface area contributed by atoms with Crippen LogP contribution in [-0.2, 0) is 9.84 Å². The van der Waals surface area contributed by atoms with Crippen molar-refractivity contribution in [3.8, 4) is 0 Å². The van der Waals surface area contributed by atoms with Gasteiger partial charge in [-0.2, -0.15) is 0 Å². The molecule has 0 saturated carbocycles. The largest absolute Gasteiger partial charge is 0.396 e. The van der Waals surface area contributed by atoms with Crippen molar-refractivity contribution in [2.24, 2.45) is 5.92 Å². The quantitative estimate of drug-likeness (QED) is 0.761. The Morgan fingerprint density at radius 2 is 2.21 bits per heavy atom. The first-order chi connectivity index (χ1) is 6.61. The third-order valence-corrected chi connectivity index (χ3v) is 5.56. The van der Waals surface area contributed by atoms with Gasteiger partial charge in [-0.3, -0.25) is 0 Å². The van der Waals surface area contributed by atoms with Crippen LogP contribution in [0, 0.1) is 5.92 Å². The second-order valence-electron chi connectivity index (χ2n) is 4.08. The molecule has 0 aromatic heterocycles. The molecule has 2 atom stereocenters. The topological polar surface area (TPSA) is 54.4 Å². The van der Waals surface area contributed by atoms with Gasteiger partial charge in [-0.25, -0.2) is 8.42 Å². The number of rotatable bonds is 5. The lowest BCUT2D eigenvalue weighted by Gasteiger charge is -2.20. The molecule has 0 bridgehead atoms. The van der Waals surface area contributed by atoms with E-state index in [1.165, 1.54) is 0 Å². The van der Waals surface area contributed by atoms with Crippen molar-refractivity contribution >= 4 is 9.84 Å². The minimum Gasteiger partial charge on any atom is -0.396 e. The monoisotopic (exact) mass is 220 g/mol. The standard InChI is InChI=1S/C10H20O3S/c1-2-9(5-3-7-11)10-6-4-8-14(10,12)13/h9-11H,2-8H2,1H3. The van der Waals surface area contributed by atoms with Gasteiger partial charge in [-0.05, 0) is 31.6 Å². The van der Waals surface area contributed by atoms with E-state index in [0.29, 0.717) is 5.75 Å². The SMILES string of the molecule is CCC(CCCO)C1CCCS1(=O)=O. The summed E-state index contributed by atoms with van der Waals surface area (Å²) in [6.45, 7) is 2.21. The zero-order valence-electron chi connectivity index (χ0n) is 8.78. The average molecular weight is 220 g/mol. The van der Waals surface area contributed by atoms with E-state index in [-0.39, 0.29) is 17.8 Å². The van der Waals surface area contributed by atoms with E-state index in [1.54, 1.807) is 0 Å². The molecule has 0 spiro atoms. The highest BCUT2D eigenvalue weighted by molar-refractivity contribution is 7.92. The van der Waals surface area contributed by atoms with Crippen LogP contribution in [0.25, 0.3) is 0 Å². The summed E-state index contributed by atoms with van der Waals surface area (Å²) in [5, 5.41) is 8.61. The van der Waals surface area contributed by atoms with Crippen molar-refractivity contribution in [1.82, 2.24) is 0 Å². The summed E-state index contributed by atoms with van der Waals surface area (Å²) in [7, 11) is -2.81. The third kappa shape index (κ3) is 2.70. The zero-order valence-corrected chi connectivity index (χ0v) is 9.59. The highest BCUT2D eigenvalue weighted by atomic mass is 32.2. The lowest BCUT2D eigenvalue weighted by molar-refractivity contribution is 0.267. The highest BCUT2D eigenvalue weighted by Crippen LogP contribution is 2.31. The molecule has 84 valence electrons. The maximum Gasteiger partial charge on any atom is 0.153 e. The van der Waals surface area contributed by atoms with Crippen LogP contribution < -0.4 is 0 Å². The lowest BCUT2D eigenvalue weighted by atomic mass is 9.94. The predicted octanol–water partition coefficient (Wildman–Crippen LogP) is 1.36. The molecule has 4 heteroatoms. The van der Waals surface area contributed by atoms with Crippen molar-refractivity contribution in [1.29, 1.82) is 0 Å². The fraction of sp³-hybridized carbons (Fsp3) is 1.00. The summed E-state index contributed by atoms with van der Waals surface area (Å²) >= 11 is 0. The Bertz CT molecular complexity index is 259. The molecule has 0 aromatic carbocycles. The Labute approximate surface area is 86.4 Å². The summed E-state index contributed by atoms with van der Waals surface area (Å²) in [6.07, 6.45) is 4.13. The van der Waals surface area contributed by atoms with E-state index in [2.05, 4.69) is 0 Å². The van der Waals surface area contributed by atoms with Crippen LogP contribution in [0.15, 0.2) is 0 Å². The highest BCUT2D eigenvalue weighted by Gasteiger charge is 2.36. The number of sulfone groups is 1. The van der Waals surface area contributed by atoms with Gasteiger partial charge >= 0.3 is 0 Å². The van der Waals surface area contributed by atoms with Gasteiger partial charge in [0.15, 0.2) is 9.84 Å². The van der Waals surface area contributed by atoms with Gasteiger partial charge in [0.2, 0.25) is 0 Å². The molecule has 1 saturated heterocycles. The van der Waals surface area contributed by atoms with Crippen molar-refractivity contribution in [2.75, 3.05) is 12.4 Å². The molecule has 14 heavy (non-hydrogen) atoms. The number of hydrogen-bond donors (Lipinski definition) is 1. The molecule has 1 aliphatic heterocycles. The molecule has 2 unspecified atom stereocenters. The van der Waals surface area contributed by atoms with Crippen LogP contribution in [0.4, 0.5) is 0 Å². The first-order valence-electron chi connectivity index (χ1n) is 5.44. The summed E-state index contributed by atoms with van der Waals surface area (Å²) < 4.78 is 23.3. The fourth-order valence-electron chi connectivity index (χ4n) is 2.35. The second kappa shape index (κ2) is 5.12. The summed E-state index contributed by atoms with van der Waals surface area (Å²) in [4.78, 5) is 0. The van der Waals surface area contributed by atoms with Crippen LogP contribution in [0.5, 0.6) is 0 Å². The summed E-state index contributed by atoms with van der Waals surface area (Å²) in [5.41, 5.74) is 0. The molecular weight excluding hydrogens is 200 g/mol. The van der Waals surface area contributed by atoms with E-state index in [1.807, 2.05) is 6.92 Å². The van der Waals surface area contributed by atoms with Crippen molar-refractivity contribution in [3.05, 3.63) is 0 Å². The average Bonchev–Trinajstić information content (AvgIpc) is 2.48. The molecule has 1 N–H and O–H groups in total. The maximum absolute atomic E-state index is 11.7. The van der Waals surface area contributed by atoms with Gasteiger partial charge in [-0.1, -0.05) is 13.3 Å². The Hall–Kier alpha value is -0.0900. The second-order valence-corrected chi connectivity index (χ2v) is 6.42. The Balaban J connectivity index is 2.60. The minimum atomic E-state index is -2.81. The molecule has 3 nitrogen and oxygen atoms in total. The third-order valence-electron chi connectivity index (χ3n) is 3.16. The molecule has 1 fully saturated rings. The smallest absolute Gasteiger partial charge is 0.153 e. The van der Waals surface area contributed by atoms with E-state index in [4.69, 9.17) is 5.11 Å². The number of aliphatic hydroxyl groups excluding tert-OH is 1. The maximum atomic E-state index is 11.7. The van der Waals surface area contributed by atoms with Crippen LogP contribution in [0.2, 0.25) is 0 Å². The van der Waals surface area contributed by atoms with Gasteiger partial charge in [-0.15, -0.1) is 0 Å². The first-order valence-corrected chi connectivity index (χ1v) is 7.15. The molecule has 1 heterocycles. The zero-order chi connectivity index (χ0) is 10.6. The minimum absolute atomic E-state index is 0.126. The van der Waals surface area contributed by atoms with Crippen molar-refractivity contribution in [2.45, 2.75) is 44.3 Å². The molecule has 0 amide bonds. The number of aliphatic hydroxyl groups is 1. The Morgan fingerprint density at radius 1 is 1.50 bits per heavy atom. The molecule has 1 rings (SSSR count). The predicted molar refractivity (Wildman–Crippen MR) is 56.9 cm³/mol. The van der Waals surface area contributed by atoms with Gasteiger partial charge in [0.25, 0.3) is 0 Å². The summed E-state index contributed by atoms with van der Waals surface area (Å²) in [6, 6.07) is 0. The Morgan fingerprint density at radius 3 is 2.64 bits per heavy atom. The van der Waals surface area contributed by atoms with E-state index in [0.717, 1.165) is 32.1 Å². The summed E-state index contributed by atoms with van der Waals surface area (Å²) in [5.74, 6) is 0.627. The van der Waals surface area contributed by atoms with Gasteiger partial charge in [0.05, 0.1) is 11.0 Å². The first kappa shape index (κ1) is 12.0. The molecule has 0 aromatic rings. The van der Waals surface area contributed by atoms with Gasteiger partial charge in [0, 0.05) is 6.61 Å². The van der Waals surface area contributed by atoms with Crippen LogP contribution in [0.3, 0.4) is 0 Å². The fourth-order valence-corrected chi connectivity index (χ4v) is 4.66. The van der Waals surface area contributed by atoms with Crippen molar-refractivity contribution in [3.63, 3.8) is 0 Å². The number of hydrogen-bond acceptors (Lipinski definition) is 3. The molecule has 1 aliphatic rings. The van der Waals surface area contributed by atoms with Crippen molar-refractivity contribution < 1.29 is 13.5 Å². The van der Waals surface area contributed by atoms with Gasteiger partial charge < -0.3 is 5.11 Å². The normalized spacial score (nSPS) is 27.7. The van der Waals surface area contributed by atoms with Crippen LogP contribution >= 0.6 is 0 Å². The van der Waals surface area contributed by atoms with Gasteiger partial charge in [0.1, 0.15) is 0 Å². The van der Waals surface area contributed by atoms with E-state index < -0.39 is 9.84 Å².